The summed E-state index contributed by atoms with van der Waals surface area (Å²) in [5.41, 5.74) is 3.50. The van der Waals surface area contributed by atoms with E-state index < -0.39 is 0 Å². The standard InChI is InChI=1S/C12H20N2O/c1-9-5-6-11(13-8-10(2)15)7-12(9)14(3)4/h5-7,10,13,15H,8H2,1-4H3/t10-/m0/s1. The van der Waals surface area contributed by atoms with Crippen molar-refractivity contribution in [3.63, 3.8) is 0 Å². The summed E-state index contributed by atoms with van der Waals surface area (Å²) in [6, 6.07) is 6.21. The number of nitrogens with one attached hydrogen (secondary N) is 1. The Morgan fingerprint density at radius 3 is 2.60 bits per heavy atom. The van der Waals surface area contributed by atoms with Crippen molar-refractivity contribution in [2.24, 2.45) is 0 Å². The van der Waals surface area contributed by atoms with Crippen LogP contribution in [0.2, 0.25) is 0 Å². The van der Waals surface area contributed by atoms with Gasteiger partial charge in [0.2, 0.25) is 0 Å². The lowest BCUT2D eigenvalue weighted by Gasteiger charge is -2.17. The summed E-state index contributed by atoms with van der Waals surface area (Å²) in [5, 5.41) is 12.4. The van der Waals surface area contributed by atoms with E-state index in [-0.39, 0.29) is 6.10 Å². The van der Waals surface area contributed by atoms with Crippen LogP contribution in [0.5, 0.6) is 0 Å². The van der Waals surface area contributed by atoms with Crippen LogP contribution in [0.4, 0.5) is 11.4 Å². The summed E-state index contributed by atoms with van der Waals surface area (Å²) in [5.74, 6) is 0. The van der Waals surface area contributed by atoms with Crippen LogP contribution in [0, 0.1) is 6.92 Å². The third-order valence-corrected chi connectivity index (χ3v) is 2.29. The summed E-state index contributed by atoms with van der Waals surface area (Å²) >= 11 is 0. The lowest BCUT2D eigenvalue weighted by molar-refractivity contribution is 0.208. The number of anilines is 2. The fraction of sp³-hybridized carbons (Fsp3) is 0.500. The average Bonchev–Trinajstić information content (AvgIpc) is 2.16. The lowest BCUT2D eigenvalue weighted by Crippen LogP contribution is -2.16. The van der Waals surface area contributed by atoms with Gasteiger partial charge in [0.15, 0.2) is 0 Å². The normalized spacial score (nSPS) is 12.3. The molecule has 0 radical (unpaired) electrons. The molecule has 0 spiro atoms. The molecule has 0 bridgehead atoms. The monoisotopic (exact) mass is 208 g/mol. The largest absolute Gasteiger partial charge is 0.392 e. The van der Waals surface area contributed by atoms with Gasteiger partial charge in [-0.15, -0.1) is 0 Å². The molecule has 1 rings (SSSR count). The topological polar surface area (TPSA) is 35.5 Å². The molecule has 1 aromatic rings. The Labute approximate surface area is 91.7 Å². The number of rotatable bonds is 4. The van der Waals surface area contributed by atoms with Crippen molar-refractivity contribution >= 4 is 11.4 Å². The van der Waals surface area contributed by atoms with Crippen LogP contribution in [0.25, 0.3) is 0 Å². The van der Waals surface area contributed by atoms with Crippen LogP contribution in [0.1, 0.15) is 12.5 Å². The van der Waals surface area contributed by atoms with Crippen molar-refractivity contribution in [3.8, 4) is 0 Å². The molecule has 2 N–H and O–H groups in total. The van der Waals surface area contributed by atoms with Crippen LogP contribution in [0.15, 0.2) is 18.2 Å². The molecule has 1 atom stereocenters. The zero-order chi connectivity index (χ0) is 11.4. The second-order valence-corrected chi connectivity index (χ2v) is 4.13. The van der Waals surface area contributed by atoms with Crippen LogP contribution < -0.4 is 10.2 Å². The molecule has 0 unspecified atom stereocenters. The van der Waals surface area contributed by atoms with Gasteiger partial charge in [-0.25, -0.2) is 0 Å². The zero-order valence-electron chi connectivity index (χ0n) is 9.91. The number of nitrogens with zero attached hydrogens (tertiary/aromatic N) is 1. The smallest absolute Gasteiger partial charge is 0.0684 e. The van der Waals surface area contributed by atoms with Crippen molar-refractivity contribution in [2.45, 2.75) is 20.0 Å². The molecule has 3 nitrogen and oxygen atoms in total. The second kappa shape index (κ2) is 5.03. The first-order valence-corrected chi connectivity index (χ1v) is 5.20. The van der Waals surface area contributed by atoms with Crippen LogP contribution in [-0.4, -0.2) is 31.9 Å². The summed E-state index contributed by atoms with van der Waals surface area (Å²) < 4.78 is 0. The quantitative estimate of drug-likeness (QED) is 0.792. The summed E-state index contributed by atoms with van der Waals surface area (Å²) in [6.07, 6.45) is -0.325. The minimum Gasteiger partial charge on any atom is -0.392 e. The Balaban J connectivity index is 2.78. The van der Waals surface area contributed by atoms with Crippen molar-refractivity contribution in [1.82, 2.24) is 0 Å². The van der Waals surface area contributed by atoms with Gasteiger partial charge < -0.3 is 15.3 Å². The van der Waals surface area contributed by atoms with Gasteiger partial charge in [-0.3, -0.25) is 0 Å². The fourth-order valence-corrected chi connectivity index (χ4v) is 1.47. The van der Waals surface area contributed by atoms with Gasteiger partial charge in [0, 0.05) is 32.0 Å². The van der Waals surface area contributed by atoms with Gasteiger partial charge in [0.1, 0.15) is 0 Å². The first-order valence-electron chi connectivity index (χ1n) is 5.20. The lowest BCUT2D eigenvalue weighted by atomic mass is 10.1. The Morgan fingerprint density at radius 1 is 1.40 bits per heavy atom. The Kier molecular flexibility index (Phi) is 3.97. The van der Waals surface area contributed by atoms with Gasteiger partial charge in [-0.1, -0.05) is 6.07 Å². The first-order chi connectivity index (χ1) is 7.00. The number of hydrogen-bond donors (Lipinski definition) is 2. The number of hydrogen-bond acceptors (Lipinski definition) is 3. The number of aryl methyl sites for hydroxylation is 1. The molecule has 3 heteroatoms. The minimum atomic E-state index is -0.325. The average molecular weight is 208 g/mol. The van der Waals surface area contributed by atoms with Crippen molar-refractivity contribution in [3.05, 3.63) is 23.8 Å². The van der Waals surface area contributed by atoms with E-state index in [4.69, 9.17) is 0 Å². The molecule has 0 heterocycles. The highest BCUT2D eigenvalue weighted by Gasteiger charge is 2.02. The van der Waals surface area contributed by atoms with Crippen LogP contribution in [-0.2, 0) is 0 Å². The first kappa shape index (κ1) is 11.9. The maximum atomic E-state index is 9.17. The van der Waals surface area contributed by atoms with E-state index in [0.29, 0.717) is 6.54 Å². The molecule has 1 aromatic carbocycles. The highest BCUT2D eigenvalue weighted by atomic mass is 16.3. The fourth-order valence-electron chi connectivity index (χ4n) is 1.47. The molecule has 15 heavy (non-hydrogen) atoms. The maximum absolute atomic E-state index is 9.17. The summed E-state index contributed by atoms with van der Waals surface area (Å²) in [7, 11) is 4.06. The van der Waals surface area contributed by atoms with Gasteiger partial charge in [-0.2, -0.15) is 0 Å². The number of aliphatic hydroxyl groups is 1. The van der Waals surface area contributed by atoms with E-state index >= 15 is 0 Å². The zero-order valence-corrected chi connectivity index (χ0v) is 9.91. The predicted molar refractivity (Wildman–Crippen MR) is 65.7 cm³/mol. The molecule has 0 aromatic heterocycles. The SMILES string of the molecule is Cc1ccc(NC[C@H](C)O)cc1N(C)C. The molecule has 0 amide bonds. The van der Waals surface area contributed by atoms with Crippen LogP contribution in [0.3, 0.4) is 0 Å². The third kappa shape index (κ3) is 3.44. The molecule has 0 fully saturated rings. The Morgan fingerprint density at radius 2 is 2.07 bits per heavy atom. The van der Waals surface area contributed by atoms with Gasteiger partial charge >= 0.3 is 0 Å². The summed E-state index contributed by atoms with van der Waals surface area (Å²) in [6.45, 7) is 4.44. The Hall–Kier alpha value is -1.22. The van der Waals surface area contributed by atoms with Gasteiger partial charge in [0.25, 0.3) is 0 Å². The highest BCUT2D eigenvalue weighted by Crippen LogP contribution is 2.22. The van der Waals surface area contributed by atoms with E-state index in [1.807, 2.05) is 20.2 Å². The number of benzene rings is 1. The molecular weight excluding hydrogens is 188 g/mol. The van der Waals surface area contributed by atoms with Crippen molar-refractivity contribution < 1.29 is 5.11 Å². The van der Waals surface area contributed by atoms with Gasteiger partial charge in [-0.05, 0) is 31.5 Å². The molecule has 0 aliphatic heterocycles. The van der Waals surface area contributed by atoms with E-state index in [2.05, 4.69) is 29.3 Å². The molecule has 0 aliphatic carbocycles. The maximum Gasteiger partial charge on any atom is 0.0684 e. The van der Waals surface area contributed by atoms with E-state index in [1.165, 1.54) is 11.3 Å². The van der Waals surface area contributed by atoms with E-state index in [0.717, 1.165) is 5.69 Å². The predicted octanol–water partition coefficient (Wildman–Crippen LogP) is 1.85. The molecule has 0 aliphatic rings. The second-order valence-electron chi connectivity index (χ2n) is 4.13. The van der Waals surface area contributed by atoms with Gasteiger partial charge in [0.05, 0.1) is 6.10 Å². The summed E-state index contributed by atoms with van der Waals surface area (Å²) in [4.78, 5) is 2.09. The van der Waals surface area contributed by atoms with Crippen molar-refractivity contribution in [2.75, 3.05) is 30.9 Å². The highest BCUT2D eigenvalue weighted by molar-refractivity contribution is 5.61. The number of aliphatic hydroxyl groups excluding tert-OH is 1. The molecule has 84 valence electrons. The Bertz CT molecular complexity index is 321. The van der Waals surface area contributed by atoms with Crippen molar-refractivity contribution in [1.29, 1.82) is 0 Å². The van der Waals surface area contributed by atoms with E-state index in [9.17, 15) is 5.11 Å². The molecule has 0 saturated heterocycles. The van der Waals surface area contributed by atoms with E-state index in [1.54, 1.807) is 6.92 Å². The molecule has 0 saturated carbocycles. The minimum absolute atomic E-state index is 0.325. The third-order valence-electron chi connectivity index (χ3n) is 2.29. The van der Waals surface area contributed by atoms with Crippen LogP contribution >= 0.6 is 0 Å². The molecular formula is C12H20N2O.